The average Bonchev–Trinajstić information content (AvgIpc) is 3.28. The molecule has 330 valence electrons. The third-order valence-electron chi connectivity index (χ3n) is 14.1. The summed E-state index contributed by atoms with van der Waals surface area (Å²) in [4.78, 5) is 59.1. The van der Waals surface area contributed by atoms with E-state index in [1.54, 1.807) is 123 Å². The third kappa shape index (κ3) is 7.14. The molecule has 63 heavy (non-hydrogen) atoms. The zero-order chi connectivity index (χ0) is 45.1. The predicted octanol–water partition coefficient (Wildman–Crippen LogP) is 4.71. The van der Waals surface area contributed by atoms with Gasteiger partial charge in [-0.1, -0.05) is 98.8 Å². The Morgan fingerprint density at radius 3 is 1.89 bits per heavy atom. The molecule has 9 unspecified atom stereocenters. The Labute approximate surface area is 364 Å². The quantitative estimate of drug-likeness (QED) is 0.0998. The van der Waals surface area contributed by atoms with E-state index in [4.69, 9.17) is 14.2 Å². The molecule has 2 amide bonds. The van der Waals surface area contributed by atoms with Crippen LogP contribution in [0.3, 0.4) is 0 Å². The van der Waals surface area contributed by atoms with Crippen molar-refractivity contribution in [1.82, 2.24) is 5.32 Å². The summed E-state index contributed by atoms with van der Waals surface area (Å²) in [5.74, 6) is -4.56. The molecule has 4 aromatic rings. The highest BCUT2D eigenvalue weighted by molar-refractivity contribution is 6.00. The molecule has 11 atom stereocenters. The van der Waals surface area contributed by atoms with Crippen LogP contribution >= 0.6 is 0 Å². The highest BCUT2D eigenvalue weighted by Gasteiger charge is 2.76. The van der Waals surface area contributed by atoms with Gasteiger partial charge in [0.2, 0.25) is 0 Å². The fourth-order valence-electron chi connectivity index (χ4n) is 10.5. The number of amides is 2. The standard InChI is InChI=1S/C49H52N2O12/c1-28-33(62-44(57)39(54)37(29-17-9-5-10-18-29)50-45(58)51(31-21-13-7-14-22-31)32-23-15-8-16-24-32)26-49(60)42(63-43(56)30-19-11-6-12-20-30)40-47(4,34(52)25-35-48(40,59)27-61-35)41(55)38(53)36(28)46(49,2)3/h5-24,33-35,37-40,42,52-54,59-60H,25-27H2,1-4H3,(H,50,58)/t33?,34?,35?,37?,38?,39?,40?,42?,47-,48+,49?/m1/s1. The Kier molecular flexibility index (Phi) is 11.4. The van der Waals surface area contributed by atoms with Gasteiger partial charge in [0.15, 0.2) is 11.9 Å². The van der Waals surface area contributed by atoms with Crippen molar-refractivity contribution in [2.24, 2.45) is 16.7 Å². The van der Waals surface area contributed by atoms with Gasteiger partial charge < -0.3 is 45.1 Å². The van der Waals surface area contributed by atoms with Crippen molar-refractivity contribution in [3.63, 3.8) is 0 Å². The molecular formula is C49H52N2O12. The molecule has 0 radical (unpaired) electrons. The maximum Gasteiger partial charge on any atom is 0.338 e. The number of Topliss-reactive ketones (excluding diaryl/α,β-unsaturated/α-hetero) is 1. The number of benzene rings is 4. The summed E-state index contributed by atoms with van der Waals surface area (Å²) in [5, 5.41) is 64.5. The van der Waals surface area contributed by atoms with Crippen LogP contribution < -0.4 is 10.2 Å². The highest BCUT2D eigenvalue weighted by atomic mass is 16.6. The van der Waals surface area contributed by atoms with Crippen molar-refractivity contribution in [1.29, 1.82) is 0 Å². The van der Waals surface area contributed by atoms with Crippen LogP contribution in [-0.2, 0) is 23.8 Å². The molecule has 3 aliphatic carbocycles. The molecule has 4 aliphatic rings. The van der Waals surface area contributed by atoms with Crippen molar-refractivity contribution < 1.29 is 58.9 Å². The number of carbonyl (C=O) groups excluding carboxylic acids is 4. The molecular weight excluding hydrogens is 809 g/mol. The van der Waals surface area contributed by atoms with E-state index in [1.165, 1.54) is 30.9 Å². The van der Waals surface area contributed by atoms with E-state index in [0.717, 1.165) is 0 Å². The minimum absolute atomic E-state index is 0.0468. The zero-order valence-electron chi connectivity index (χ0n) is 35.3. The van der Waals surface area contributed by atoms with Crippen molar-refractivity contribution in [3.8, 4) is 0 Å². The van der Waals surface area contributed by atoms with Gasteiger partial charge in [0.25, 0.3) is 0 Å². The zero-order valence-corrected chi connectivity index (χ0v) is 35.3. The second kappa shape index (κ2) is 16.4. The lowest BCUT2D eigenvalue weighted by Gasteiger charge is -2.66. The number of aliphatic hydroxyl groups excluding tert-OH is 3. The highest BCUT2D eigenvalue weighted by Crippen LogP contribution is 2.63. The number of ketones is 1. The summed E-state index contributed by atoms with van der Waals surface area (Å²) in [5.41, 5.74) is -6.26. The van der Waals surface area contributed by atoms with E-state index in [2.05, 4.69) is 5.32 Å². The number of urea groups is 1. The Hall–Kier alpha value is -5.74. The second-order valence-corrected chi connectivity index (χ2v) is 17.8. The van der Waals surface area contributed by atoms with Crippen molar-refractivity contribution >= 4 is 35.1 Å². The van der Waals surface area contributed by atoms with Crippen LogP contribution in [0, 0.1) is 16.7 Å². The second-order valence-electron chi connectivity index (χ2n) is 17.8. The number of esters is 2. The topological polar surface area (TPSA) is 212 Å². The lowest BCUT2D eigenvalue weighted by molar-refractivity contribution is -0.343. The number of nitrogens with zero attached hydrogens (tertiary/aromatic N) is 1. The van der Waals surface area contributed by atoms with E-state index >= 15 is 0 Å². The van der Waals surface area contributed by atoms with Crippen LogP contribution in [0.5, 0.6) is 0 Å². The minimum Gasteiger partial charge on any atom is -0.456 e. The number of nitrogens with one attached hydrogen (secondary N) is 1. The summed E-state index contributed by atoms with van der Waals surface area (Å²) in [6, 6.07) is 31.8. The molecule has 2 saturated carbocycles. The molecule has 0 aromatic heterocycles. The minimum atomic E-state index is -2.33. The van der Waals surface area contributed by atoms with Gasteiger partial charge in [-0.2, -0.15) is 0 Å². The van der Waals surface area contributed by atoms with Gasteiger partial charge in [-0.05, 0) is 67.0 Å². The van der Waals surface area contributed by atoms with Crippen LogP contribution in [0.15, 0.2) is 132 Å². The van der Waals surface area contributed by atoms with E-state index in [-0.39, 0.29) is 29.7 Å². The Morgan fingerprint density at radius 2 is 1.35 bits per heavy atom. The molecule has 1 heterocycles. The van der Waals surface area contributed by atoms with Gasteiger partial charge in [0, 0.05) is 24.2 Å². The summed E-state index contributed by atoms with van der Waals surface area (Å²) < 4.78 is 18.1. The van der Waals surface area contributed by atoms with Crippen LogP contribution in [0.4, 0.5) is 16.2 Å². The molecule has 0 spiro atoms. The van der Waals surface area contributed by atoms with Crippen LogP contribution in [0.1, 0.15) is 62.5 Å². The number of carbonyl (C=O) groups is 4. The van der Waals surface area contributed by atoms with Gasteiger partial charge in [0.1, 0.15) is 29.5 Å². The molecule has 8 rings (SSSR count). The SMILES string of the molecule is CC1=C2C(O)C(=O)[C@]3(C)C(O)CC4OC[C@@]4(O)C3C(OC(=O)c3ccccc3)C(O)(CC1OC(=O)C(O)C(NC(=O)N(c1ccccc1)c1ccccc1)c1ccccc1)C2(C)C. The Balaban J connectivity index is 1.19. The first kappa shape index (κ1) is 43.9. The summed E-state index contributed by atoms with van der Waals surface area (Å²) in [7, 11) is 0. The summed E-state index contributed by atoms with van der Waals surface area (Å²) in [6.07, 6.45) is -10.5. The first-order valence-corrected chi connectivity index (χ1v) is 21.0. The number of ether oxygens (including phenoxy) is 3. The largest absolute Gasteiger partial charge is 0.456 e. The molecule has 1 aliphatic heterocycles. The number of hydrogen-bond donors (Lipinski definition) is 6. The Bertz CT molecular complexity index is 2360. The fourth-order valence-corrected chi connectivity index (χ4v) is 10.5. The fraction of sp³-hybridized carbons (Fsp3) is 0.388. The van der Waals surface area contributed by atoms with Gasteiger partial charge >= 0.3 is 18.0 Å². The van der Waals surface area contributed by atoms with Gasteiger partial charge in [-0.15, -0.1) is 0 Å². The van der Waals surface area contributed by atoms with Gasteiger partial charge in [0.05, 0.1) is 47.2 Å². The smallest absolute Gasteiger partial charge is 0.338 e. The predicted molar refractivity (Wildman–Crippen MR) is 228 cm³/mol. The van der Waals surface area contributed by atoms with Crippen molar-refractivity contribution in [3.05, 3.63) is 144 Å². The molecule has 4 aromatic carbocycles. The van der Waals surface area contributed by atoms with E-state index < -0.39 is 101 Å². The average molecular weight is 861 g/mol. The molecule has 1 saturated heterocycles. The number of hydrogen-bond acceptors (Lipinski definition) is 12. The number of aliphatic hydroxyl groups is 5. The van der Waals surface area contributed by atoms with Crippen LogP contribution in [0.25, 0.3) is 0 Å². The summed E-state index contributed by atoms with van der Waals surface area (Å²) in [6.45, 7) is 5.71. The lowest BCUT2D eigenvalue weighted by atomic mass is 9.44. The molecule has 14 heteroatoms. The lowest BCUT2D eigenvalue weighted by Crippen LogP contribution is -2.81. The number of rotatable bonds is 9. The van der Waals surface area contributed by atoms with Crippen molar-refractivity contribution in [2.45, 2.75) is 94.4 Å². The maximum atomic E-state index is 14.9. The van der Waals surface area contributed by atoms with Crippen LogP contribution in [-0.4, -0.2) is 104 Å². The van der Waals surface area contributed by atoms with Gasteiger partial charge in [-0.25, -0.2) is 14.4 Å². The van der Waals surface area contributed by atoms with Gasteiger partial charge in [-0.3, -0.25) is 9.69 Å². The molecule has 6 N–H and O–H groups in total. The number of anilines is 2. The van der Waals surface area contributed by atoms with E-state index in [0.29, 0.717) is 16.9 Å². The molecule has 3 fully saturated rings. The number of fused-ring (bicyclic) bond motifs is 5. The monoisotopic (exact) mass is 860 g/mol. The first-order chi connectivity index (χ1) is 29.9. The first-order valence-electron chi connectivity index (χ1n) is 21.0. The number of para-hydroxylation sites is 2. The third-order valence-corrected chi connectivity index (χ3v) is 14.1. The molecule has 14 nitrogen and oxygen atoms in total. The molecule has 2 bridgehead atoms. The van der Waals surface area contributed by atoms with E-state index in [9.17, 15) is 44.7 Å². The van der Waals surface area contributed by atoms with Crippen molar-refractivity contribution in [2.75, 3.05) is 11.5 Å². The summed E-state index contributed by atoms with van der Waals surface area (Å²) >= 11 is 0. The Morgan fingerprint density at radius 1 is 0.810 bits per heavy atom. The maximum absolute atomic E-state index is 14.9. The van der Waals surface area contributed by atoms with E-state index in [1.807, 2.05) is 0 Å². The normalized spacial score (nSPS) is 31.7. The van der Waals surface area contributed by atoms with Crippen LogP contribution in [0.2, 0.25) is 0 Å².